The molecule has 1 aliphatic rings. The zero-order chi connectivity index (χ0) is 14.3. The predicted molar refractivity (Wildman–Crippen MR) is 85.7 cm³/mol. The van der Waals surface area contributed by atoms with Crippen molar-refractivity contribution in [1.82, 2.24) is 0 Å². The number of hydrogen-bond acceptors (Lipinski definition) is 2. The van der Waals surface area contributed by atoms with Crippen LogP contribution in [-0.2, 0) is 0 Å². The van der Waals surface area contributed by atoms with E-state index in [0.29, 0.717) is 5.92 Å². The van der Waals surface area contributed by atoms with Gasteiger partial charge in [-0.2, -0.15) is 0 Å². The summed E-state index contributed by atoms with van der Waals surface area (Å²) < 4.78 is 6.10. The Hall–Kier alpha value is -2.09. The van der Waals surface area contributed by atoms with Gasteiger partial charge in [-0.3, -0.25) is 4.99 Å². The second-order valence-corrected chi connectivity index (χ2v) is 5.40. The molecule has 2 aromatic rings. The Morgan fingerprint density at radius 2 is 2.25 bits per heavy atom. The van der Waals surface area contributed by atoms with E-state index in [1.165, 1.54) is 16.5 Å². The second kappa shape index (κ2) is 4.78. The molecule has 0 spiro atoms. The summed E-state index contributed by atoms with van der Waals surface area (Å²) in [6, 6.07) is 4.29. The van der Waals surface area contributed by atoms with Gasteiger partial charge in [0, 0.05) is 29.5 Å². The van der Waals surface area contributed by atoms with Crippen molar-refractivity contribution in [1.29, 1.82) is 0 Å². The molecule has 0 saturated carbocycles. The molecule has 0 bridgehead atoms. The summed E-state index contributed by atoms with van der Waals surface area (Å²) >= 11 is 0. The number of nitrogens with zero attached hydrogens (tertiary/aromatic N) is 1. The molecule has 0 fully saturated rings. The van der Waals surface area contributed by atoms with E-state index in [2.05, 4.69) is 49.7 Å². The number of fused-ring (bicyclic) bond motifs is 3. The van der Waals surface area contributed by atoms with Gasteiger partial charge >= 0.3 is 0 Å². The molecule has 1 aromatic carbocycles. The number of aliphatic imine (C=N–C) groups is 1. The molecule has 1 atom stereocenters. The molecule has 1 aromatic heterocycles. The molecule has 3 rings (SSSR count). The predicted octanol–water partition coefficient (Wildman–Crippen LogP) is 4.87. The van der Waals surface area contributed by atoms with Crippen LogP contribution in [0.15, 0.2) is 40.3 Å². The van der Waals surface area contributed by atoms with Gasteiger partial charge in [-0.25, -0.2) is 0 Å². The van der Waals surface area contributed by atoms with E-state index in [9.17, 15) is 0 Å². The third-order valence-corrected chi connectivity index (χ3v) is 4.03. The summed E-state index contributed by atoms with van der Waals surface area (Å²) in [4.78, 5) is 4.28. The van der Waals surface area contributed by atoms with E-state index in [4.69, 9.17) is 4.42 Å². The lowest BCUT2D eigenvalue weighted by Gasteiger charge is -2.11. The van der Waals surface area contributed by atoms with Gasteiger partial charge in [-0.15, -0.1) is 0 Å². The fourth-order valence-electron chi connectivity index (χ4n) is 2.92. The molecule has 2 heteroatoms. The normalized spacial score (nSPS) is 18.4. The van der Waals surface area contributed by atoms with Crippen molar-refractivity contribution in [2.45, 2.75) is 26.2 Å². The summed E-state index contributed by atoms with van der Waals surface area (Å²) in [7, 11) is 1.79. The van der Waals surface area contributed by atoms with Gasteiger partial charge in [0.1, 0.15) is 11.3 Å². The van der Waals surface area contributed by atoms with Crippen LogP contribution in [0.4, 0.5) is 0 Å². The third kappa shape index (κ3) is 1.83. The first-order valence-corrected chi connectivity index (χ1v) is 6.99. The van der Waals surface area contributed by atoms with Crippen molar-refractivity contribution in [3.8, 4) is 0 Å². The van der Waals surface area contributed by atoms with E-state index in [1.807, 2.05) is 0 Å². The Morgan fingerprint density at radius 3 is 2.95 bits per heavy atom. The van der Waals surface area contributed by atoms with Crippen LogP contribution in [0.25, 0.3) is 17.0 Å². The van der Waals surface area contributed by atoms with Crippen LogP contribution in [0.2, 0.25) is 0 Å². The summed E-state index contributed by atoms with van der Waals surface area (Å²) in [5, 5.41) is 1.20. The molecular weight excluding hydrogens is 246 g/mol. The molecule has 0 saturated heterocycles. The van der Waals surface area contributed by atoms with E-state index in [0.717, 1.165) is 29.0 Å². The first-order valence-electron chi connectivity index (χ1n) is 6.99. The highest BCUT2D eigenvalue weighted by Crippen LogP contribution is 2.38. The number of rotatable bonds is 2. The Bertz CT molecular complexity index is 746. The number of aryl methyl sites for hydroxylation is 1. The van der Waals surface area contributed by atoms with Gasteiger partial charge in [0.2, 0.25) is 0 Å². The lowest BCUT2D eigenvalue weighted by Crippen LogP contribution is -1.99. The minimum Gasteiger partial charge on any atom is -0.460 e. The monoisotopic (exact) mass is 265 g/mol. The van der Waals surface area contributed by atoms with Crippen LogP contribution in [-0.4, -0.2) is 12.8 Å². The number of hydrogen-bond donors (Lipinski definition) is 0. The zero-order valence-corrected chi connectivity index (χ0v) is 12.2. The van der Waals surface area contributed by atoms with Gasteiger partial charge in [0.25, 0.3) is 0 Å². The largest absolute Gasteiger partial charge is 0.460 e. The molecule has 102 valence electrons. The number of allylic oxidation sites excluding steroid dienone is 2. The molecule has 0 amide bonds. The average Bonchev–Trinajstić information content (AvgIpc) is 2.80. The maximum Gasteiger partial charge on any atom is 0.135 e. The van der Waals surface area contributed by atoms with E-state index in [1.54, 1.807) is 13.1 Å². The molecule has 0 aliphatic heterocycles. The molecule has 1 aliphatic carbocycles. The van der Waals surface area contributed by atoms with E-state index >= 15 is 0 Å². The maximum absolute atomic E-state index is 6.10. The molecule has 20 heavy (non-hydrogen) atoms. The van der Waals surface area contributed by atoms with Crippen molar-refractivity contribution in [3.05, 3.63) is 53.3 Å². The third-order valence-electron chi connectivity index (χ3n) is 4.03. The lowest BCUT2D eigenvalue weighted by molar-refractivity contribution is 0.504. The Morgan fingerprint density at radius 1 is 1.45 bits per heavy atom. The van der Waals surface area contributed by atoms with Crippen LogP contribution >= 0.6 is 0 Å². The highest BCUT2D eigenvalue weighted by Gasteiger charge is 2.21. The fraction of sp³-hybridized carbons (Fsp3) is 0.278. The van der Waals surface area contributed by atoms with Gasteiger partial charge in [0.05, 0.1) is 5.71 Å². The highest BCUT2D eigenvalue weighted by atomic mass is 16.3. The van der Waals surface area contributed by atoms with Crippen molar-refractivity contribution < 1.29 is 4.42 Å². The standard InChI is InChI=1S/C18H19NO/c1-5-16(19-4)14-10-17-15(9-12(14)3)13-8-6-7-11(2)18(13)20-17/h5-6,8-11H,1,7H2,2-4H3. The highest BCUT2D eigenvalue weighted by molar-refractivity contribution is 6.11. The molecule has 0 radical (unpaired) electrons. The maximum atomic E-state index is 6.10. The minimum absolute atomic E-state index is 0.449. The average molecular weight is 265 g/mol. The molecule has 1 heterocycles. The Labute approximate surface area is 119 Å². The van der Waals surface area contributed by atoms with Crippen LogP contribution in [0.3, 0.4) is 0 Å². The van der Waals surface area contributed by atoms with Crippen molar-refractivity contribution in [3.63, 3.8) is 0 Å². The van der Waals surface area contributed by atoms with Crippen molar-refractivity contribution in [2.24, 2.45) is 4.99 Å². The number of furan rings is 1. The molecule has 2 nitrogen and oxygen atoms in total. The van der Waals surface area contributed by atoms with Gasteiger partial charge in [-0.1, -0.05) is 25.7 Å². The molecule has 0 N–H and O–H groups in total. The van der Waals surface area contributed by atoms with Gasteiger partial charge in [-0.05, 0) is 37.1 Å². The summed E-state index contributed by atoms with van der Waals surface area (Å²) in [6.45, 7) is 8.15. The van der Waals surface area contributed by atoms with Crippen LogP contribution < -0.4 is 0 Å². The second-order valence-electron chi connectivity index (χ2n) is 5.40. The number of benzene rings is 1. The van der Waals surface area contributed by atoms with Crippen LogP contribution in [0.5, 0.6) is 0 Å². The van der Waals surface area contributed by atoms with E-state index in [-0.39, 0.29) is 0 Å². The van der Waals surface area contributed by atoms with Gasteiger partial charge < -0.3 is 4.42 Å². The Kier molecular flexibility index (Phi) is 3.09. The summed E-state index contributed by atoms with van der Waals surface area (Å²) in [6.07, 6.45) is 7.25. The minimum atomic E-state index is 0.449. The van der Waals surface area contributed by atoms with E-state index < -0.39 is 0 Å². The quantitative estimate of drug-likeness (QED) is 0.711. The van der Waals surface area contributed by atoms with Crippen LogP contribution in [0.1, 0.15) is 41.7 Å². The SMILES string of the molecule is C=CC(=NC)c1cc2oc3c(c2cc1C)C=CCC3C. The smallest absolute Gasteiger partial charge is 0.135 e. The van der Waals surface area contributed by atoms with Crippen molar-refractivity contribution >= 4 is 22.8 Å². The lowest BCUT2D eigenvalue weighted by atomic mass is 9.93. The Balaban J connectivity index is 2.28. The van der Waals surface area contributed by atoms with Crippen molar-refractivity contribution in [2.75, 3.05) is 7.05 Å². The fourth-order valence-corrected chi connectivity index (χ4v) is 2.92. The summed E-state index contributed by atoms with van der Waals surface area (Å²) in [5.41, 5.74) is 5.38. The van der Waals surface area contributed by atoms with Crippen LogP contribution in [0, 0.1) is 6.92 Å². The first-order chi connectivity index (χ1) is 9.65. The summed E-state index contributed by atoms with van der Waals surface area (Å²) in [5.74, 6) is 1.55. The first kappa shape index (κ1) is 12.9. The zero-order valence-electron chi connectivity index (χ0n) is 12.2. The molecule has 1 unspecified atom stereocenters. The van der Waals surface area contributed by atoms with Gasteiger partial charge in [0.15, 0.2) is 0 Å². The topological polar surface area (TPSA) is 25.5 Å². The molecular formula is C18H19NO.